The fourth-order valence-electron chi connectivity index (χ4n) is 7.91. The van der Waals surface area contributed by atoms with Crippen molar-refractivity contribution in [3.63, 3.8) is 0 Å². The Morgan fingerprint density at radius 1 is 0.621 bits per heavy atom. The van der Waals surface area contributed by atoms with Crippen LogP contribution in [0.3, 0.4) is 0 Å². The van der Waals surface area contributed by atoms with Gasteiger partial charge in [-0.15, -0.1) is 0 Å². The molecule has 66 heavy (non-hydrogen) atoms. The highest BCUT2D eigenvalue weighted by Gasteiger charge is 2.39. The second kappa shape index (κ2) is 29.5. The summed E-state index contributed by atoms with van der Waals surface area (Å²) < 4.78 is 38.2. The smallest absolute Gasteiger partial charge is 0.374 e. The normalized spacial score (nSPS) is 14.8. The fourth-order valence-corrected chi connectivity index (χ4v) is 7.91. The van der Waals surface area contributed by atoms with Gasteiger partial charge in [0.05, 0.1) is 19.8 Å². The standard InChI is InChI=1S/C53H74O13/c1-9-11-12-13-14-16-39-18-20-41(21-19-39)42-22-24-45(40(10-2)31-42)43-23-25-48(44(32-43)17-15-28-62-49(56)37(3)4)63-33-53(34-64-50(57)38(5)6,35-65-51(58)46(54)26-29-60-7)36-66-52(59)47(55)27-30-61-8/h22-25,31-32,39,41H,3,5,9-21,26-30,33-36H2,1-2,4,6-8H3. The number of hydrogen-bond acceptors (Lipinski definition) is 13. The van der Waals surface area contributed by atoms with Gasteiger partial charge in [0.25, 0.3) is 0 Å². The molecule has 3 rings (SSSR count). The number of unbranched alkanes of at least 4 members (excludes halogenated alkanes) is 4. The summed E-state index contributed by atoms with van der Waals surface area (Å²) in [5.41, 5.74) is 4.14. The molecule has 0 N–H and O–H groups in total. The lowest BCUT2D eigenvalue weighted by Gasteiger charge is -2.32. The van der Waals surface area contributed by atoms with E-state index < -0.39 is 60.7 Å². The number of ether oxygens (including phenoxy) is 7. The van der Waals surface area contributed by atoms with Crippen LogP contribution in [0.15, 0.2) is 60.7 Å². The number of ketones is 2. The van der Waals surface area contributed by atoms with Gasteiger partial charge in [0.1, 0.15) is 37.6 Å². The van der Waals surface area contributed by atoms with Crippen LogP contribution in [0.1, 0.15) is 134 Å². The Morgan fingerprint density at radius 2 is 1.20 bits per heavy atom. The molecule has 1 aliphatic carbocycles. The maximum absolute atomic E-state index is 12.9. The summed E-state index contributed by atoms with van der Waals surface area (Å²) in [5, 5.41) is 0. The number of esters is 4. The Kier molecular flexibility index (Phi) is 24.7. The van der Waals surface area contributed by atoms with Crippen LogP contribution in [0.25, 0.3) is 11.1 Å². The highest BCUT2D eigenvalue weighted by Crippen LogP contribution is 2.40. The third-order valence-electron chi connectivity index (χ3n) is 12.0. The van der Waals surface area contributed by atoms with E-state index in [1.54, 1.807) is 6.92 Å². The first-order valence-electron chi connectivity index (χ1n) is 23.6. The van der Waals surface area contributed by atoms with Crippen LogP contribution >= 0.6 is 0 Å². The van der Waals surface area contributed by atoms with Crippen molar-refractivity contribution in [3.05, 3.63) is 77.4 Å². The first-order chi connectivity index (χ1) is 31.7. The molecule has 0 unspecified atom stereocenters. The molecular weight excluding hydrogens is 845 g/mol. The zero-order valence-electron chi connectivity index (χ0n) is 40.4. The minimum atomic E-state index is -1.62. The maximum Gasteiger partial charge on any atom is 0.374 e. The van der Waals surface area contributed by atoms with Crippen LogP contribution in [0.2, 0.25) is 0 Å². The van der Waals surface area contributed by atoms with Gasteiger partial charge in [-0.3, -0.25) is 9.59 Å². The molecule has 1 fully saturated rings. The minimum absolute atomic E-state index is 0.0189. The molecule has 13 nitrogen and oxygen atoms in total. The summed E-state index contributed by atoms with van der Waals surface area (Å²) in [4.78, 5) is 75.8. The summed E-state index contributed by atoms with van der Waals surface area (Å²) in [7, 11) is 2.77. The average molecular weight is 919 g/mol. The van der Waals surface area contributed by atoms with Crippen molar-refractivity contribution in [1.29, 1.82) is 0 Å². The molecule has 2 aromatic carbocycles. The van der Waals surface area contributed by atoms with Crippen molar-refractivity contribution in [3.8, 4) is 16.9 Å². The number of rotatable bonds is 32. The third-order valence-corrected chi connectivity index (χ3v) is 12.0. The molecule has 0 amide bonds. The molecule has 364 valence electrons. The predicted octanol–water partition coefficient (Wildman–Crippen LogP) is 9.38. The Hall–Kier alpha value is -5.14. The van der Waals surface area contributed by atoms with Gasteiger partial charge in [-0.1, -0.05) is 89.8 Å². The molecule has 13 heteroatoms. The maximum atomic E-state index is 12.9. The van der Waals surface area contributed by atoms with E-state index in [4.69, 9.17) is 33.2 Å². The summed E-state index contributed by atoms with van der Waals surface area (Å²) in [6.07, 6.45) is 14.1. The number of Topliss-reactive ketones (excluding diaryl/α,β-unsaturated/α-hetero) is 2. The number of carbonyl (C=O) groups excluding carboxylic acids is 6. The van der Waals surface area contributed by atoms with E-state index in [9.17, 15) is 28.8 Å². The largest absolute Gasteiger partial charge is 0.492 e. The summed E-state index contributed by atoms with van der Waals surface area (Å²) >= 11 is 0. The topological polar surface area (TPSA) is 167 Å². The van der Waals surface area contributed by atoms with Gasteiger partial charge in [0.15, 0.2) is 0 Å². The summed E-state index contributed by atoms with van der Waals surface area (Å²) in [5.74, 6) is -3.60. The number of benzene rings is 2. The molecule has 0 bridgehead atoms. The van der Waals surface area contributed by atoms with Crippen molar-refractivity contribution in [2.24, 2.45) is 11.3 Å². The third kappa shape index (κ3) is 18.6. The number of carbonyl (C=O) groups is 6. The Labute approximate surface area is 392 Å². The van der Waals surface area contributed by atoms with E-state index in [0.29, 0.717) is 24.5 Å². The van der Waals surface area contributed by atoms with Gasteiger partial charge in [-0.05, 0) is 111 Å². The van der Waals surface area contributed by atoms with Crippen molar-refractivity contribution in [2.75, 3.05) is 60.5 Å². The number of aryl methyl sites for hydroxylation is 2. The van der Waals surface area contributed by atoms with Crippen molar-refractivity contribution in [2.45, 2.75) is 130 Å². The lowest BCUT2D eigenvalue weighted by atomic mass is 9.76. The fraction of sp³-hybridized carbons (Fsp3) is 0.585. The van der Waals surface area contributed by atoms with Gasteiger partial charge in [-0.25, -0.2) is 19.2 Å². The Morgan fingerprint density at radius 3 is 1.76 bits per heavy atom. The zero-order chi connectivity index (χ0) is 48.5. The monoisotopic (exact) mass is 919 g/mol. The Balaban J connectivity index is 1.98. The molecule has 0 heterocycles. The first kappa shape index (κ1) is 55.2. The SMILES string of the molecule is C=C(C)C(=O)OCCCc1cc(-c2ccc(C3CCC(CCCCCCC)CC3)cc2CC)ccc1OCC(COC(=O)C(=C)C)(COC(=O)C(=O)CCOC)COC(=O)C(=O)CCOC. The van der Waals surface area contributed by atoms with Crippen LogP contribution in [0.5, 0.6) is 5.75 Å². The molecule has 1 saturated carbocycles. The molecule has 0 spiro atoms. The van der Waals surface area contributed by atoms with Crippen LogP contribution < -0.4 is 4.74 Å². The minimum Gasteiger partial charge on any atom is -0.492 e. The lowest BCUT2D eigenvalue weighted by molar-refractivity contribution is -0.169. The number of methoxy groups -OCH3 is 2. The summed E-state index contributed by atoms with van der Waals surface area (Å²) in [6.45, 7) is 12.7. The molecule has 0 atom stereocenters. The van der Waals surface area contributed by atoms with E-state index >= 15 is 0 Å². The lowest BCUT2D eigenvalue weighted by Crippen LogP contribution is -2.45. The van der Waals surface area contributed by atoms with Crippen LogP contribution in [0, 0.1) is 11.3 Å². The van der Waals surface area contributed by atoms with Gasteiger partial charge in [0, 0.05) is 38.2 Å². The van der Waals surface area contributed by atoms with E-state index in [1.165, 1.54) is 96.5 Å². The molecule has 0 radical (unpaired) electrons. The van der Waals surface area contributed by atoms with Gasteiger partial charge in [-0.2, -0.15) is 0 Å². The second-order valence-electron chi connectivity index (χ2n) is 17.7. The average Bonchev–Trinajstić information content (AvgIpc) is 3.32. The number of hydrogen-bond donors (Lipinski definition) is 0. The van der Waals surface area contributed by atoms with E-state index in [1.807, 2.05) is 18.2 Å². The van der Waals surface area contributed by atoms with Crippen LogP contribution in [-0.2, 0) is 70.0 Å². The van der Waals surface area contributed by atoms with Gasteiger partial charge in [0.2, 0.25) is 11.6 Å². The molecule has 1 aliphatic rings. The summed E-state index contributed by atoms with van der Waals surface area (Å²) in [6, 6.07) is 12.6. The second-order valence-corrected chi connectivity index (χ2v) is 17.7. The van der Waals surface area contributed by atoms with Crippen LogP contribution in [0.4, 0.5) is 0 Å². The Bertz CT molecular complexity index is 1900. The predicted molar refractivity (Wildman–Crippen MR) is 252 cm³/mol. The van der Waals surface area contributed by atoms with Crippen LogP contribution in [-0.4, -0.2) is 95.9 Å². The van der Waals surface area contributed by atoms with E-state index in [-0.39, 0.29) is 50.4 Å². The first-order valence-corrected chi connectivity index (χ1v) is 23.6. The van der Waals surface area contributed by atoms with Crippen molar-refractivity contribution < 1.29 is 61.9 Å². The zero-order valence-corrected chi connectivity index (χ0v) is 40.4. The molecular formula is C53H74O13. The highest BCUT2D eigenvalue weighted by molar-refractivity contribution is 6.34. The van der Waals surface area contributed by atoms with Gasteiger partial charge >= 0.3 is 23.9 Å². The molecule has 0 aliphatic heterocycles. The molecule has 2 aromatic rings. The highest BCUT2D eigenvalue weighted by atomic mass is 16.6. The molecule has 0 aromatic heterocycles. The van der Waals surface area contributed by atoms with Crippen molar-refractivity contribution >= 4 is 35.4 Å². The van der Waals surface area contributed by atoms with E-state index in [2.05, 4.69) is 45.2 Å². The molecule has 0 saturated heterocycles. The van der Waals surface area contributed by atoms with Gasteiger partial charge < -0.3 is 33.2 Å². The van der Waals surface area contributed by atoms with Crippen molar-refractivity contribution in [1.82, 2.24) is 0 Å². The quantitative estimate of drug-likeness (QED) is 0.0224. The van der Waals surface area contributed by atoms with E-state index in [0.717, 1.165) is 29.0 Å².